The van der Waals surface area contributed by atoms with E-state index in [1.165, 1.54) is 41.7 Å². The predicted molar refractivity (Wildman–Crippen MR) is 110 cm³/mol. The molecule has 0 unspecified atom stereocenters. The van der Waals surface area contributed by atoms with Crippen molar-refractivity contribution >= 4 is 21.6 Å². The van der Waals surface area contributed by atoms with Crippen molar-refractivity contribution in [1.29, 1.82) is 0 Å². The number of hydrogen-bond acceptors (Lipinski definition) is 3. The van der Waals surface area contributed by atoms with Crippen LogP contribution >= 0.6 is 0 Å². The highest BCUT2D eigenvalue weighted by atomic mass is 32.2. The fraction of sp³-hybridized carbons (Fsp3) is 0.136. The second-order valence-corrected chi connectivity index (χ2v) is 8.63. The third-order valence-electron chi connectivity index (χ3n) is 4.40. The van der Waals surface area contributed by atoms with Gasteiger partial charge < -0.3 is 5.32 Å². The molecule has 0 saturated heterocycles. The number of sulfonamides is 1. The Morgan fingerprint density at radius 1 is 0.931 bits per heavy atom. The molecule has 0 fully saturated rings. The summed E-state index contributed by atoms with van der Waals surface area (Å²) in [6.07, 6.45) is -0.105. The Morgan fingerprint density at radius 2 is 1.55 bits per heavy atom. The highest BCUT2D eigenvalue weighted by molar-refractivity contribution is 7.89. The monoisotopic (exact) mass is 412 g/mol. The normalized spacial score (nSPS) is 11.4. The van der Waals surface area contributed by atoms with E-state index in [4.69, 9.17) is 0 Å². The second-order valence-electron chi connectivity index (χ2n) is 6.59. The van der Waals surface area contributed by atoms with Crippen LogP contribution in [-0.2, 0) is 27.8 Å². The van der Waals surface area contributed by atoms with Crippen LogP contribution in [0.3, 0.4) is 0 Å². The smallest absolute Gasteiger partial charge is 0.243 e. The van der Waals surface area contributed by atoms with Crippen molar-refractivity contribution in [2.75, 3.05) is 12.4 Å². The van der Waals surface area contributed by atoms with E-state index in [9.17, 15) is 17.6 Å². The Bertz CT molecular complexity index is 1080. The largest absolute Gasteiger partial charge is 0.326 e. The third-order valence-corrected chi connectivity index (χ3v) is 6.22. The van der Waals surface area contributed by atoms with Crippen molar-refractivity contribution in [2.24, 2.45) is 0 Å². The Balaban J connectivity index is 1.66. The molecule has 0 spiro atoms. The topological polar surface area (TPSA) is 66.5 Å². The van der Waals surface area contributed by atoms with Crippen LogP contribution in [0.1, 0.15) is 11.1 Å². The summed E-state index contributed by atoms with van der Waals surface area (Å²) in [4.78, 5) is 12.3. The van der Waals surface area contributed by atoms with E-state index in [0.29, 0.717) is 11.3 Å². The van der Waals surface area contributed by atoms with E-state index >= 15 is 0 Å². The van der Waals surface area contributed by atoms with E-state index in [2.05, 4.69) is 5.32 Å². The lowest BCUT2D eigenvalue weighted by atomic mass is 10.1. The van der Waals surface area contributed by atoms with Gasteiger partial charge in [0.25, 0.3) is 0 Å². The standard InChI is InChI=1S/C22H21FN2O3S/c1-25(16-17-7-3-2-4-8-17)29(27,28)20-13-11-19(12-14-20)24-22(26)15-18-9-5-6-10-21(18)23/h2-14H,15-16H2,1H3,(H,24,26). The Morgan fingerprint density at radius 3 is 2.21 bits per heavy atom. The molecule has 7 heteroatoms. The molecule has 3 rings (SSSR count). The Kier molecular flexibility index (Phi) is 6.41. The van der Waals surface area contributed by atoms with Crippen LogP contribution in [0.4, 0.5) is 10.1 Å². The molecule has 3 aromatic carbocycles. The number of nitrogens with one attached hydrogen (secondary N) is 1. The first-order chi connectivity index (χ1) is 13.9. The molecule has 0 aromatic heterocycles. The minimum atomic E-state index is -3.67. The molecule has 0 heterocycles. The van der Waals surface area contributed by atoms with E-state index in [0.717, 1.165) is 5.56 Å². The van der Waals surface area contributed by atoms with Crippen molar-refractivity contribution in [3.8, 4) is 0 Å². The third kappa shape index (κ3) is 5.28. The van der Waals surface area contributed by atoms with Crippen molar-refractivity contribution in [1.82, 2.24) is 4.31 Å². The molecule has 150 valence electrons. The van der Waals surface area contributed by atoms with Gasteiger partial charge >= 0.3 is 0 Å². The summed E-state index contributed by atoms with van der Waals surface area (Å²) in [7, 11) is -2.15. The van der Waals surface area contributed by atoms with Crippen LogP contribution in [-0.4, -0.2) is 25.7 Å². The fourth-order valence-electron chi connectivity index (χ4n) is 2.84. The quantitative estimate of drug-likeness (QED) is 0.641. The SMILES string of the molecule is CN(Cc1ccccc1)S(=O)(=O)c1ccc(NC(=O)Cc2ccccc2F)cc1. The van der Waals surface area contributed by atoms with Gasteiger partial charge in [-0.3, -0.25) is 4.79 Å². The van der Waals surface area contributed by atoms with Crippen molar-refractivity contribution in [2.45, 2.75) is 17.9 Å². The highest BCUT2D eigenvalue weighted by Crippen LogP contribution is 2.19. The van der Waals surface area contributed by atoms with Crippen LogP contribution in [0.15, 0.2) is 83.8 Å². The molecule has 1 amide bonds. The van der Waals surface area contributed by atoms with Gasteiger partial charge in [0.15, 0.2) is 0 Å². The van der Waals surface area contributed by atoms with Crippen LogP contribution in [0.2, 0.25) is 0 Å². The predicted octanol–water partition coefficient (Wildman–Crippen LogP) is 3.83. The highest BCUT2D eigenvalue weighted by Gasteiger charge is 2.21. The van der Waals surface area contributed by atoms with Gasteiger partial charge in [-0.2, -0.15) is 4.31 Å². The van der Waals surface area contributed by atoms with Gasteiger partial charge in [0.1, 0.15) is 5.82 Å². The number of carbonyl (C=O) groups excluding carboxylic acids is 1. The van der Waals surface area contributed by atoms with Crippen molar-refractivity contribution in [3.05, 3.63) is 95.8 Å². The van der Waals surface area contributed by atoms with Gasteiger partial charge in [-0.05, 0) is 41.5 Å². The summed E-state index contributed by atoms with van der Waals surface area (Å²) in [5.74, 6) is -0.822. The van der Waals surface area contributed by atoms with Gasteiger partial charge in [-0.1, -0.05) is 48.5 Å². The summed E-state index contributed by atoms with van der Waals surface area (Å²) < 4.78 is 40.4. The Hall–Kier alpha value is -3.03. The number of anilines is 1. The maximum absolute atomic E-state index is 13.7. The Labute approximate surface area is 169 Å². The number of nitrogens with zero attached hydrogens (tertiary/aromatic N) is 1. The zero-order valence-corrected chi connectivity index (χ0v) is 16.7. The number of amides is 1. The molecule has 0 aliphatic heterocycles. The lowest BCUT2D eigenvalue weighted by Crippen LogP contribution is -2.26. The molecule has 3 aromatic rings. The average molecular weight is 412 g/mol. The van der Waals surface area contributed by atoms with Gasteiger partial charge in [0, 0.05) is 19.3 Å². The minimum absolute atomic E-state index is 0.105. The summed E-state index contributed by atoms with van der Waals surface area (Å²) in [5.41, 5.74) is 1.62. The molecule has 0 atom stereocenters. The summed E-state index contributed by atoms with van der Waals surface area (Å²) in [6.45, 7) is 0.254. The van der Waals surface area contributed by atoms with Gasteiger partial charge in [0.2, 0.25) is 15.9 Å². The maximum atomic E-state index is 13.7. The number of hydrogen-bond donors (Lipinski definition) is 1. The van der Waals surface area contributed by atoms with Crippen LogP contribution in [0.5, 0.6) is 0 Å². The average Bonchev–Trinajstić information content (AvgIpc) is 2.71. The molecule has 0 bridgehead atoms. The van der Waals surface area contributed by atoms with Gasteiger partial charge in [-0.25, -0.2) is 12.8 Å². The minimum Gasteiger partial charge on any atom is -0.326 e. The molecule has 1 N–H and O–H groups in total. The second kappa shape index (κ2) is 8.98. The van der Waals surface area contributed by atoms with Crippen molar-refractivity contribution < 1.29 is 17.6 Å². The van der Waals surface area contributed by atoms with Crippen LogP contribution < -0.4 is 5.32 Å². The zero-order valence-electron chi connectivity index (χ0n) is 15.9. The summed E-state index contributed by atoms with van der Waals surface area (Å²) in [6, 6.07) is 21.3. The molecule has 0 saturated carbocycles. The van der Waals surface area contributed by atoms with E-state index < -0.39 is 15.8 Å². The number of carbonyl (C=O) groups is 1. The molecular weight excluding hydrogens is 391 g/mol. The lowest BCUT2D eigenvalue weighted by Gasteiger charge is -2.17. The van der Waals surface area contributed by atoms with Gasteiger partial charge in [0.05, 0.1) is 11.3 Å². The van der Waals surface area contributed by atoms with Crippen LogP contribution in [0.25, 0.3) is 0 Å². The molecular formula is C22H21FN2O3S. The molecule has 29 heavy (non-hydrogen) atoms. The molecule has 0 aliphatic carbocycles. The number of benzene rings is 3. The van der Waals surface area contributed by atoms with Crippen molar-refractivity contribution in [3.63, 3.8) is 0 Å². The lowest BCUT2D eigenvalue weighted by molar-refractivity contribution is -0.115. The molecule has 5 nitrogen and oxygen atoms in total. The van der Waals surface area contributed by atoms with Crippen LogP contribution in [0, 0.1) is 5.82 Å². The summed E-state index contributed by atoms with van der Waals surface area (Å²) >= 11 is 0. The molecule has 0 aliphatic rings. The first kappa shape index (κ1) is 20.7. The maximum Gasteiger partial charge on any atom is 0.243 e. The first-order valence-electron chi connectivity index (χ1n) is 9.00. The zero-order chi connectivity index (χ0) is 20.9. The summed E-state index contributed by atoms with van der Waals surface area (Å²) in [5, 5.41) is 2.65. The van der Waals surface area contributed by atoms with E-state index in [-0.39, 0.29) is 23.8 Å². The first-order valence-corrected chi connectivity index (χ1v) is 10.4. The van der Waals surface area contributed by atoms with E-state index in [1.807, 2.05) is 30.3 Å². The number of rotatable bonds is 7. The molecule has 0 radical (unpaired) electrons. The fourth-order valence-corrected chi connectivity index (χ4v) is 3.99. The van der Waals surface area contributed by atoms with Gasteiger partial charge in [-0.15, -0.1) is 0 Å². The number of halogens is 1. The van der Waals surface area contributed by atoms with E-state index in [1.54, 1.807) is 18.2 Å².